The lowest BCUT2D eigenvalue weighted by molar-refractivity contribution is 0.174. The number of hydrogen-bond acceptors (Lipinski definition) is 8. The minimum absolute atomic E-state index is 0.163. The van der Waals surface area contributed by atoms with E-state index in [1.165, 1.54) is 0 Å². The number of nitrogens with zero attached hydrogens (tertiary/aromatic N) is 5. The number of hydrogen-bond donors (Lipinski definition) is 0. The highest BCUT2D eigenvalue weighted by Crippen LogP contribution is 2.20. The Morgan fingerprint density at radius 2 is 2.28 bits per heavy atom. The van der Waals surface area contributed by atoms with Crippen LogP contribution >= 0.6 is 0 Å². The van der Waals surface area contributed by atoms with Crippen molar-refractivity contribution in [3.63, 3.8) is 0 Å². The maximum absolute atomic E-state index is 6.12. The fraction of sp³-hybridized carbons (Fsp3) is 0.588. The van der Waals surface area contributed by atoms with Gasteiger partial charge in [0.15, 0.2) is 5.82 Å². The monoisotopic (exact) mass is 347 g/mol. The van der Waals surface area contributed by atoms with Crippen molar-refractivity contribution in [2.45, 2.75) is 32.2 Å². The predicted octanol–water partition coefficient (Wildman–Crippen LogP) is 1.33. The topological polar surface area (TPSA) is 76.8 Å². The molecule has 0 bridgehead atoms. The van der Waals surface area contributed by atoms with E-state index in [-0.39, 0.29) is 6.10 Å². The molecule has 136 valence electrons. The van der Waals surface area contributed by atoms with E-state index in [0.29, 0.717) is 24.9 Å². The summed E-state index contributed by atoms with van der Waals surface area (Å²) in [6.45, 7) is 3.59. The Balaban J connectivity index is 1.50. The van der Waals surface area contributed by atoms with Crippen LogP contribution in [0.1, 0.15) is 23.8 Å². The van der Waals surface area contributed by atoms with Crippen LogP contribution in [-0.4, -0.2) is 65.3 Å². The van der Waals surface area contributed by atoms with Crippen LogP contribution in [0, 0.1) is 0 Å². The van der Waals surface area contributed by atoms with Crippen molar-refractivity contribution in [3.05, 3.63) is 35.7 Å². The first-order valence-corrected chi connectivity index (χ1v) is 8.41. The third-order valence-electron chi connectivity index (χ3n) is 3.94. The van der Waals surface area contributed by atoms with E-state index in [2.05, 4.69) is 24.9 Å². The standard InChI is InChI=1S/C17H25N5O3/c1-21(2)9-13-8-14(4-6-18-13)24-15-5-7-22(10-15)11-17-19-16(12-23-3)20-25-17/h4,6,8,15H,5,7,9-12H2,1-3H3. The molecule has 3 rings (SSSR count). The number of methoxy groups -OCH3 is 1. The van der Waals surface area contributed by atoms with Crippen molar-refractivity contribution in [2.75, 3.05) is 34.3 Å². The maximum Gasteiger partial charge on any atom is 0.240 e. The third-order valence-corrected chi connectivity index (χ3v) is 3.94. The smallest absolute Gasteiger partial charge is 0.240 e. The number of ether oxygens (including phenoxy) is 2. The van der Waals surface area contributed by atoms with Gasteiger partial charge in [0.25, 0.3) is 0 Å². The van der Waals surface area contributed by atoms with Crippen LogP contribution in [0.15, 0.2) is 22.9 Å². The molecule has 0 aliphatic carbocycles. The van der Waals surface area contributed by atoms with Crippen LogP contribution in [0.3, 0.4) is 0 Å². The van der Waals surface area contributed by atoms with E-state index >= 15 is 0 Å². The summed E-state index contributed by atoms with van der Waals surface area (Å²) in [6.07, 6.45) is 2.94. The summed E-state index contributed by atoms with van der Waals surface area (Å²) in [4.78, 5) is 13.0. The highest BCUT2D eigenvalue weighted by atomic mass is 16.5. The second-order valence-corrected chi connectivity index (χ2v) is 6.52. The molecule has 0 amide bonds. The Morgan fingerprint density at radius 1 is 1.40 bits per heavy atom. The molecule has 2 aromatic rings. The van der Waals surface area contributed by atoms with Crippen molar-refractivity contribution < 1.29 is 14.0 Å². The van der Waals surface area contributed by atoms with Crippen molar-refractivity contribution >= 4 is 0 Å². The Kier molecular flexibility index (Phi) is 5.95. The minimum atomic E-state index is 0.163. The largest absolute Gasteiger partial charge is 0.489 e. The Labute approximate surface area is 147 Å². The first-order chi connectivity index (χ1) is 12.1. The van der Waals surface area contributed by atoms with Crippen LogP contribution in [0.2, 0.25) is 0 Å². The zero-order chi connectivity index (χ0) is 17.6. The molecule has 0 radical (unpaired) electrons. The van der Waals surface area contributed by atoms with E-state index in [4.69, 9.17) is 14.0 Å². The summed E-state index contributed by atoms with van der Waals surface area (Å²) in [7, 11) is 5.67. The summed E-state index contributed by atoms with van der Waals surface area (Å²) in [5, 5.41) is 3.89. The van der Waals surface area contributed by atoms with E-state index in [1.807, 2.05) is 26.2 Å². The van der Waals surface area contributed by atoms with Gasteiger partial charge in [-0.2, -0.15) is 4.98 Å². The molecule has 0 N–H and O–H groups in total. The molecule has 0 aromatic carbocycles. The average molecular weight is 347 g/mol. The molecule has 2 aromatic heterocycles. The van der Waals surface area contributed by atoms with Gasteiger partial charge in [0.1, 0.15) is 18.5 Å². The van der Waals surface area contributed by atoms with E-state index in [1.54, 1.807) is 13.3 Å². The predicted molar refractivity (Wildman–Crippen MR) is 90.9 cm³/mol. The van der Waals surface area contributed by atoms with Gasteiger partial charge in [0.05, 0.1) is 12.2 Å². The van der Waals surface area contributed by atoms with Gasteiger partial charge in [0, 0.05) is 39.0 Å². The lowest BCUT2D eigenvalue weighted by atomic mass is 10.3. The van der Waals surface area contributed by atoms with E-state index in [0.717, 1.165) is 37.5 Å². The second-order valence-electron chi connectivity index (χ2n) is 6.52. The molecule has 0 spiro atoms. The van der Waals surface area contributed by atoms with E-state index < -0.39 is 0 Å². The number of pyridine rings is 1. The fourth-order valence-electron chi connectivity index (χ4n) is 2.90. The molecule has 1 unspecified atom stereocenters. The second kappa shape index (κ2) is 8.37. The highest BCUT2D eigenvalue weighted by molar-refractivity contribution is 5.23. The van der Waals surface area contributed by atoms with Gasteiger partial charge in [-0.05, 0) is 26.6 Å². The van der Waals surface area contributed by atoms with Gasteiger partial charge in [-0.1, -0.05) is 5.16 Å². The van der Waals surface area contributed by atoms with Gasteiger partial charge >= 0.3 is 0 Å². The number of rotatable bonds is 8. The molecule has 1 saturated heterocycles. The van der Waals surface area contributed by atoms with E-state index in [9.17, 15) is 0 Å². The highest BCUT2D eigenvalue weighted by Gasteiger charge is 2.25. The van der Waals surface area contributed by atoms with Crippen LogP contribution in [0.25, 0.3) is 0 Å². The summed E-state index contributed by atoms with van der Waals surface area (Å²) in [5.41, 5.74) is 1.01. The van der Waals surface area contributed by atoms with Crippen LogP contribution < -0.4 is 4.74 Å². The van der Waals surface area contributed by atoms with Gasteiger partial charge in [0.2, 0.25) is 5.89 Å². The lowest BCUT2D eigenvalue weighted by Gasteiger charge is -2.16. The Bertz CT molecular complexity index is 676. The van der Waals surface area contributed by atoms with Crippen LogP contribution in [-0.2, 0) is 24.4 Å². The zero-order valence-corrected chi connectivity index (χ0v) is 15.0. The number of likely N-dealkylation sites (tertiary alicyclic amines) is 1. The molecule has 1 atom stereocenters. The SMILES string of the molecule is COCc1noc(CN2CCC(Oc3ccnc(CN(C)C)c3)C2)n1. The Hall–Kier alpha value is -2.03. The van der Waals surface area contributed by atoms with Crippen LogP contribution in [0.5, 0.6) is 5.75 Å². The molecular formula is C17H25N5O3. The maximum atomic E-state index is 6.12. The summed E-state index contributed by atoms with van der Waals surface area (Å²) < 4.78 is 16.4. The van der Waals surface area contributed by atoms with Gasteiger partial charge in [-0.15, -0.1) is 0 Å². The molecular weight excluding hydrogens is 322 g/mol. The van der Waals surface area contributed by atoms with Gasteiger partial charge in [-0.3, -0.25) is 9.88 Å². The van der Waals surface area contributed by atoms with Crippen molar-refractivity contribution in [1.82, 2.24) is 24.9 Å². The molecule has 1 aliphatic rings. The average Bonchev–Trinajstić information content (AvgIpc) is 3.18. The Morgan fingerprint density at radius 3 is 3.08 bits per heavy atom. The minimum Gasteiger partial charge on any atom is -0.489 e. The van der Waals surface area contributed by atoms with Crippen molar-refractivity contribution in [2.24, 2.45) is 0 Å². The summed E-state index contributed by atoms with van der Waals surface area (Å²) >= 11 is 0. The molecule has 0 saturated carbocycles. The lowest BCUT2D eigenvalue weighted by Crippen LogP contribution is -2.24. The third kappa shape index (κ3) is 5.22. The molecule has 3 heterocycles. The molecule has 8 nitrogen and oxygen atoms in total. The van der Waals surface area contributed by atoms with Crippen molar-refractivity contribution in [1.29, 1.82) is 0 Å². The van der Waals surface area contributed by atoms with Gasteiger partial charge < -0.3 is 18.9 Å². The molecule has 1 fully saturated rings. The quantitative estimate of drug-likeness (QED) is 0.708. The summed E-state index contributed by atoms with van der Waals surface area (Å²) in [6, 6.07) is 3.93. The fourth-order valence-corrected chi connectivity index (χ4v) is 2.90. The normalized spacial score (nSPS) is 18.2. The van der Waals surface area contributed by atoms with Gasteiger partial charge in [-0.25, -0.2) is 0 Å². The molecule has 25 heavy (non-hydrogen) atoms. The van der Waals surface area contributed by atoms with Crippen molar-refractivity contribution in [3.8, 4) is 5.75 Å². The zero-order valence-electron chi connectivity index (χ0n) is 15.0. The summed E-state index contributed by atoms with van der Waals surface area (Å²) in [5.74, 6) is 2.07. The molecule has 1 aliphatic heterocycles. The van der Waals surface area contributed by atoms with Crippen LogP contribution in [0.4, 0.5) is 0 Å². The molecule has 8 heteroatoms. The first-order valence-electron chi connectivity index (χ1n) is 8.41. The first kappa shape index (κ1) is 17.8. The number of aromatic nitrogens is 3.